The van der Waals surface area contributed by atoms with Crippen LogP contribution in [0.1, 0.15) is 31.9 Å². The largest absolute Gasteiger partial charge is 0.481 e. The quantitative estimate of drug-likeness (QED) is 0.280. The summed E-state index contributed by atoms with van der Waals surface area (Å²) in [6.07, 6.45) is -0.0944. The molecule has 0 radical (unpaired) electrons. The molecule has 0 saturated heterocycles. The van der Waals surface area contributed by atoms with Crippen molar-refractivity contribution in [3.05, 3.63) is 64.7 Å². The third-order valence-electron chi connectivity index (χ3n) is 5.34. The van der Waals surface area contributed by atoms with Gasteiger partial charge in [0, 0.05) is 10.6 Å². The first-order chi connectivity index (χ1) is 17.4. The minimum absolute atomic E-state index is 0.0488. The van der Waals surface area contributed by atoms with Crippen molar-refractivity contribution in [2.75, 3.05) is 11.9 Å². The average Bonchev–Trinajstić information content (AvgIpc) is 3.21. The van der Waals surface area contributed by atoms with E-state index in [1.54, 1.807) is 39.0 Å². The van der Waals surface area contributed by atoms with Crippen LogP contribution >= 0.6 is 22.9 Å². The fourth-order valence-electron chi connectivity index (χ4n) is 3.93. The molecular formula is C28H27ClN2O5S. The van der Waals surface area contributed by atoms with Crippen molar-refractivity contribution >= 4 is 50.7 Å². The summed E-state index contributed by atoms with van der Waals surface area (Å²) in [4.78, 5) is 28.2. The molecule has 0 bridgehead atoms. The summed E-state index contributed by atoms with van der Waals surface area (Å²) in [5, 5.41) is 22.2. The molecule has 0 aliphatic carbocycles. The van der Waals surface area contributed by atoms with Crippen LogP contribution < -0.4 is 10.1 Å². The molecule has 9 heteroatoms. The summed E-state index contributed by atoms with van der Waals surface area (Å²) >= 11 is 7.56. The Morgan fingerprint density at radius 1 is 1.19 bits per heavy atom. The highest BCUT2D eigenvalue weighted by molar-refractivity contribution is 7.22. The first-order valence-electron chi connectivity index (χ1n) is 11.6. The maximum Gasteiger partial charge on any atom is 0.307 e. The average molecular weight is 539 g/mol. The molecule has 3 aromatic carbocycles. The molecule has 0 fully saturated rings. The fraction of sp³-hybridized carbons (Fsp3) is 0.250. The predicted octanol–water partition coefficient (Wildman–Crippen LogP) is 6.33. The zero-order valence-electron chi connectivity index (χ0n) is 20.9. The van der Waals surface area contributed by atoms with E-state index < -0.39 is 11.6 Å². The van der Waals surface area contributed by atoms with Crippen molar-refractivity contribution in [1.29, 1.82) is 0 Å². The summed E-state index contributed by atoms with van der Waals surface area (Å²) in [5.74, 6) is -0.506. The van der Waals surface area contributed by atoms with Crippen LogP contribution in [0, 0.1) is 6.92 Å². The second-order valence-corrected chi connectivity index (χ2v) is 11.1. The van der Waals surface area contributed by atoms with Crippen LogP contribution in [-0.4, -0.2) is 39.3 Å². The Morgan fingerprint density at radius 3 is 2.51 bits per heavy atom. The summed E-state index contributed by atoms with van der Waals surface area (Å²) in [6, 6.07) is 14.8. The third kappa shape index (κ3) is 6.28. The van der Waals surface area contributed by atoms with Crippen LogP contribution in [0.3, 0.4) is 0 Å². The fourth-order valence-corrected chi connectivity index (χ4v) is 5.22. The van der Waals surface area contributed by atoms with Crippen LogP contribution in [0.5, 0.6) is 5.75 Å². The molecule has 37 heavy (non-hydrogen) atoms. The van der Waals surface area contributed by atoms with Crippen molar-refractivity contribution in [3.8, 4) is 27.4 Å². The zero-order chi connectivity index (χ0) is 26.9. The summed E-state index contributed by atoms with van der Waals surface area (Å²) in [6.45, 7) is 7.08. The number of amides is 1. The number of rotatable bonds is 4. The molecule has 0 saturated carbocycles. The molecule has 1 amide bonds. The number of hydrogen-bond acceptors (Lipinski definition) is 6. The van der Waals surface area contributed by atoms with E-state index in [9.17, 15) is 14.7 Å². The van der Waals surface area contributed by atoms with Crippen LogP contribution in [0.15, 0.2) is 48.5 Å². The predicted molar refractivity (Wildman–Crippen MR) is 148 cm³/mol. The van der Waals surface area contributed by atoms with Gasteiger partial charge in [-0.15, -0.1) is 11.3 Å². The number of carbonyl (C=O) groups is 2. The van der Waals surface area contributed by atoms with Crippen LogP contribution in [0.4, 0.5) is 5.69 Å². The van der Waals surface area contributed by atoms with E-state index in [0.29, 0.717) is 16.5 Å². The molecule has 0 spiro atoms. The second-order valence-electron chi connectivity index (χ2n) is 9.68. The van der Waals surface area contributed by atoms with Gasteiger partial charge in [-0.2, -0.15) is 0 Å². The molecule has 1 aromatic heterocycles. The molecule has 2 heterocycles. The minimum atomic E-state index is -0.895. The van der Waals surface area contributed by atoms with E-state index >= 15 is 0 Å². The van der Waals surface area contributed by atoms with Gasteiger partial charge in [-0.05, 0) is 74.7 Å². The van der Waals surface area contributed by atoms with Gasteiger partial charge in [0.05, 0.1) is 33.5 Å². The number of carboxylic acid groups (broad SMARTS) is 1. The Hall–Kier alpha value is -3.46. The van der Waals surface area contributed by atoms with Crippen molar-refractivity contribution in [2.45, 2.75) is 39.7 Å². The van der Waals surface area contributed by atoms with Crippen LogP contribution in [0.25, 0.3) is 31.9 Å². The number of anilines is 1. The first-order valence-corrected chi connectivity index (χ1v) is 12.8. The number of aryl methyl sites for hydroxylation is 1. The molecule has 0 atom stereocenters. The molecule has 3 N–H and O–H groups in total. The van der Waals surface area contributed by atoms with Gasteiger partial charge in [0.2, 0.25) is 0 Å². The molecule has 1 aliphatic heterocycles. The number of carbonyl (C=O) groups excluding carboxylic acids is 1. The highest BCUT2D eigenvalue weighted by atomic mass is 35.5. The molecule has 5 rings (SSSR count). The standard InChI is InChI=1S/C24H17ClN2O4S.C4H10O/c1-12-9-18-23(21(16(12)10-20(29)30)13-5-7-14(25)8-6-13)32-24(27-18)15-3-2-4-17-22(15)31-11-19(28)26-17;1-4(2,3)5/h2-9H,10-11H2,1H3,(H,26,28)(H,29,30);5H,1-3H3. The second kappa shape index (κ2) is 10.5. The normalized spacial score (nSPS) is 12.8. The number of carboxylic acids is 1. The Kier molecular flexibility index (Phi) is 7.54. The minimum Gasteiger partial charge on any atom is -0.481 e. The van der Waals surface area contributed by atoms with Crippen molar-refractivity contribution < 1.29 is 24.5 Å². The van der Waals surface area contributed by atoms with Gasteiger partial charge in [-0.3, -0.25) is 9.59 Å². The number of aromatic nitrogens is 1. The lowest BCUT2D eigenvalue weighted by Crippen LogP contribution is -2.25. The van der Waals surface area contributed by atoms with E-state index in [-0.39, 0.29) is 18.9 Å². The van der Waals surface area contributed by atoms with Crippen molar-refractivity contribution in [3.63, 3.8) is 0 Å². The maximum absolute atomic E-state index is 11.7. The maximum atomic E-state index is 11.7. The van der Waals surface area contributed by atoms with Crippen molar-refractivity contribution in [1.82, 2.24) is 4.98 Å². The number of halogens is 1. The van der Waals surface area contributed by atoms with Gasteiger partial charge in [0.25, 0.3) is 5.91 Å². The third-order valence-corrected chi connectivity index (χ3v) is 6.71. The van der Waals surface area contributed by atoms with E-state index in [0.717, 1.165) is 43.0 Å². The van der Waals surface area contributed by atoms with E-state index in [1.165, 1.54) is 11.3 Å². The SMILES string of the molecule is CC(C)(C)O.Cc1cc2nc(-c3cccc4c3OCC(=O)N4)sc2c(-c2ccc(Cl)cc2)c1CC(=O)O. The topological polar surface area (TPSA) is 109 Å². The number of aliphatic carboxylic acids is 1. The number of benzene rings is 3. The van der Waals surface area contributed by atoms with Gasteiger partial charge in [-0.25, -0.2) is 4.98 Å². The number of nitrogens with one attached hydrogen (secondary N) is 1. The monoisotopic (exact) mass is 538 g/mol. The molecule has 4 aromatic rings. The Morgan fingerprint density at radius 2 is 1.86 bits per heavy atom. The van der Waals surface area contributed by atoms with E-state index in [4.69, 9.17) is 26.4 Å². The molecule has 7 nitrogen and oxygen atoms in total. The Balaban J connectivity index is 0.000000586. The lowest BCUT2D eigenvalue weighted by atomic mass is 9.93. The van der Waals surface area contributed by atoms with Gasteiger partial charge in [0.15, 0.2) is 12.4 Å². The Bertz CT molecular complexity index is 1480. The van der Waals surface area contributed by atoms with Gasteiger partial charge in [0.1, 0.15) is 5.01 Å². The van der Waals surface area contributed by atoms with E-state index in [2.05, 4.69) is 5.32 Å². The lowest BCUT2D eigenvalue weighted by Gasteiger charge is -2.19. The number of ether oxygens (including phenoxy) is 1. The van der Waals surface area contributed by atoms with Crippen LogP contribution in [0.2, 0.25) is 5.02 Å². The lowest BCUT2D eigenvalue weighted by molar-refractivity contribution is -0.136. The van der Waals surface area contributed by atoms with E-state index in [1.807, 2.05) is 37.3 Å². The highest BCUT2D eigenvalue weighted by Gasteiger charge is 2.24. The molecule has 192 valence electrons. The van der Waals surface area contributed by atoms with Gasteiger partial charge < -0.3 is 20.3 Å². The zero-order valence-corrected chi connectivity index (χ0v) is 22.5. The smallest absolute Gasteiger partial charge is 0.307 e. The number of fused-ring (bicyclic) bond motifs is 2. The number of aliphatic hydroxyl groups is 1. The molecule has 0 unspecified atom stereocenters. The first kappa shape index (κ1) is 26.6. The summed E-state index contributed by atoms with van der Waals surface area (Å²) in [5.41, 5.74) is 5.01. The number of thiazole rings is 1. The number of nitrogens with zero attached hydrogens (tertiary/aromatic N) is 1. The number of hydrogen-bond donors (Lipinski definition) is 3. The summed E-state index contributed by atoms with van der Waals surface area (Å²) < 4.78 is 6.60. The van der Waals surface area contributed by atoms with Gasteiger partial charge >= 0.3 is 5.97 Å². The van der Waals surface area contributed by atoms with Crippen molar-refractivity contribution in [2.24, 2.45) is 0 Å². The molecule has 1 aliphatic rings. The summed E-state index contributed by atoms with van der Waals surface area (Å²) in [7, 11) is 0. The highest BCUT2D eigenvalue weighted by Crippen LogP contribution is 2.45. The molecular weight excluding hydrogens is 512 g/mol. The van der Waals surface area contributed by atoms with Crippen LogP contribution in [-0.2, 0) is 16.0 Å². The van der Waals surface area contributed by atoms with Gasteiger partial charge in [-0.1, -0.05) is 29.8 Å². The Labute approximate surface area is 223 Å². The number of para-hydroxylation sites is 1.